The number of halogens is 1. The molecule has 1 atom stereocenters. The molecule has 26 heavy (non-hydrogen) atoms. The van der Waals surface area contributed by atoms with Gasteiger partial charge in [0.05, 0.1) is 11.8 Å². The predicted molar refractivity (Wildman–Crippen MR) is 103 cm³/mol. The van der Waals surface area contributed by atoms with Crippen molar-refractivity contribution in [3.63, 3.8) is 0 Å². The van der Waals surface area contributed by atoms with E-state index >= 15 is 0 Å². The van der Waals surface area contributed by atoms with E-state index in [4.69, 9.17) is 4.52 Å². The number of sulfonamides is 1. The fourth-order valence-electron chi connectivity index (χ4n) is 2.76. The number of piperazine rings is 1. The molecule has 0 bridgehead atoms. The summed E-state index contributed by atoms with van der Waals surface area (Å²) in [5, 5.41) is 7.42. The quantitative estimate of drug-likeness (QED) is 0.762. The van der Waals surface area contributed by atoms with Gasteiger partial charge in [0.2, 0.25) is 10.0 Å². The number of nitrogens with zero attached hydrogens (tertiary/aromatic N) is 3. The summed E-state index contributed by atoms with van der Waals surface area (Å²) in [6.45, 7) is 4.50. The molecule has 2 aromatic rings. The lowest BCUT2D eigenvalue weighted by Crippen LogP contribution is -2.44. The molecule has 8 nitrogen and oxygen atoms in total. The Kier molecular flexibility index (Phi) is 6.99. The predicted octanol–water partition coefficient (Wildman–Crippen LogP) is 1.89. The maximum absolute atomic E-state index is 11.8. The number of nitrogens with one attached hydrogen (secondary N) is 2. The van der Waals surface area contributed by atoms with Gasteiger partial charge in [-0.15, -0.1) is 12.4 Å². The maximum atomic E-state index is 11.8. The van der Waals surface area contributed by atoms with Crippen molar-refractivity contribution < 1.29 is 12.9 Å². The van der Waals surface area contributed by atoms with Gasteiger partial charge in [-0.2, -0.15) is 4.98 Å². The lowest BCUT2D eigenvalue weighted by Gasteiger charge is -2.30. The third kappa shape index (κ3) is 4.94. The van der Waals surface area contributed by atoms with Crippen LogP contribution in [0.5, 0.6) is 0 Å². The number of benzene rings is 1. The van der Waals surface area contributed by atoms with Gasteiger partial charge < -0.3 is 9.84 Å². The van der Waals surface area contributed by atoms with E-state index in [9.17, 15) is 8.42 Å². The van der Waals surface area contributed by atoms with Gasteiger partial charge in [-0.25, -0.2) is 8.42 Å². The topological polar surface area (TPSA) is 100 Å². The third-order valence-electron chi connectivity index (χ3n) is 4.13. The van der Waals surface area contributed by atoms with Gasteiger partial charge >= 0.3 is 0 Å². The molecular formula is C16H24ClN5O3S. The number of anilines is 1. The molecule has 1 aromatic heterocycles. The van der Waals surface area contributed by atoms with Crippen molar-refractivity contribution in [2.45, 2.75) is 19.4 Å². The Balaban J connectivity index is 0.00000243. The van der Waals surface area contributed by atoms with Crippen molar-refractivity contribution in [3.8, 4) is 11.5 Å². The van der Waals surface area contributed by atoms with Gasteiger partial charge in [-0.05, 0) is 37.7 Å². The summed E-state index contributed by atoms with van der Waals surface area (Å²) in [4.78, 5) is 6.68. The molecule has 144 valence electrons. The minimum absolute atomic E-state index is 0. The SMILES string of the molecule is CCCS(=O)(=O)Nc1ccc(-c2nc(C3CNCCN3C)no2)cc1.Cl. The van der Waals surface area contributed by atoms with Crippen molar-refractivity contribution in [3.05, 3.63) is 30.1 Å². The van der Waals surface area contributed by atoms with Crippen molar-refractivity contribution >= 4 is 28.1 Å². The molecule has 1 aliphatic heterocycles. The zero-order valence-corrected chi connectivity index (χ0v) is 16.4. The first-order valence-corrected chi connectivity index (χ1v) is 9.99. The lowest BCUT2D eigenvalue weighted by atomic mass is 10.2. The van der Waals surface area contributed by atoms with Crippen LogP contribution in [0.25, 0.3) is 11.5 Å². The molecule has 0 amide bonds. The molecule has 0 aliphatic carbocycles. The average Bonchev–Trinajstić information content (AvgIpc) is 3.05. The largest absolute Gasteiger partial charge is 0.334 e. The molecule has 1 aliphatic rings. The van der Waals surface area contributed by atoms with Crippen LogP contribution in [0.1, 0.15) is 25.2 Å². The zero-order chi connectivity index (χ0) is 17.9. The Bertz CT molecular complexity index is 810. The van der Waals surface area contributed by atoms with E-state index in [-0.39, 0.29) is 24.2 Å². The Labute approximate surface area is 159 Å². The molecule has 2 heterocycles. The van der Waals surface area contributed by atoms with Crippen molar-refractivity contribution in [2.75, 3.05) is 37.2 Å². The molecule has 3 rings (SSSR count). The smallest absolute Gasteiger partial charge is 0.257 e. The molecule has 10 heteroatoms. The van der Waals surface area contributed by atoms with E-state index in [0.717, 1.165) is 25.2 Å². The first-order chi connectivity index (χ1) is 12.0. The Morgan fingerprint density at radius 3 is 2.73 bits per heavy atom. The van der Waals surface area contributed by atoms with E-state index in [1.165, 1.54) is 0 Å². The highest BCUT2D eigenvalue weighted by molar-refractivity contribution is 7.92. The first-order valence-electron chi connectivity index (χ1n) is 8.34. The van der Waals surface area contributed by atoms with E-state index < -0.39 is 10.0 Å². The number of hydrogen-bond acceptors (Lipinski definition) is 7. The van der Waals surface area contributed by atoms with Crippen LogP contribution >= 0.6 is 12.4 Å². The van der Waals surface area contributed by atoms with Crippen LogP contribution in [0.4, 0.5) is 5.69 Å². The molecule has 1 aromatic carbocycles. The summed E-state index contributed by atoms with van der Waals surface area (Å²) in [5.74, 6) is 1.18. The van der Waals surface area contributed by atoms with Crippen LogP contribution in [0, 0.1) is 0 Å². The van der Waals surface area contributed by atoms with E-state index in [1.807, 2.05) is 14.0 Å². The van der Waals surface area contributed by atoms with Crippen LogP contribution in [0.15, 0.2) is 28.8 Å². The second-order valence-corrected chi connectivity index (χ2v) is 8.00. The highest BCUT2D eigenvalue weighted by Crippen LogP contribution is 2.24. The van der Waals surface area contributed by atoms with Gasteiger partial charge in [0, 0.05) is 30.9 Å². The normalized spacial score (nSPS) is 18.3. The van der Waals surface area contributed by atoms with Gasteiger partial charge in [-0.1, -0.05) is 12.1 Å². The third-order valence-corrected chi connectivity index (χ3v) is 5.62. The summed E-state index contributed by atoms with van der Waals surface area (Å²) >= 11 is 0. The standard InChI is InChI=1S/C16H23N5O3S.ClH/c1-3-10-25(22,23)20-13-6-4-12(5-7-13)16-18-15(19-24-16)14-11-17-8-9-21(14)2;/h4-7,14,17,20H,3,8-11H2,1-2H3;1H. The fourth-order valence-corrected chi connectivity index (χ4v) is 3.90. The molecule has 1 saturated heterocycles. The van der Waals surface area contributed by atoms with Gasteiger partial charge in [0.15, 0.2) is 5.82 Å². The first kappa shape index (κ1) is 20.6. The van der Waals surface area contributed by atoms with Crippen LogP contribution in [-0.4, -0.2) is 55.9 Å². The molecule has 1 unspecified atom stereocenters. The number of hydrogen-bond donors (Lipinski definition) is 2. The molecular weight excluding hydrogens is 378 g/mol. The number of likely N-dealkylation sites (N-methyl/N-ethyl adjacent to an activating group) is 1. The minimum atomic E-state index is -3.29. The lowest BCUT2D eigenvalue weighted by molar-refractivity contribution is 0.190. The molecule has 0 spiro atoms. The molecule has 1 fully saturated rings. The fraction of sp³-hybridized carbons (Fsp3) is 0.500. The van der Waals surface area contributed by atoms with E-state index in [0.29, 0.717) is 23.8 Å². The van der Waals surface area contributed by atoms with E-state index in [1.54, 1.807) is 24.3 Å². The van der Waals surface area contributed by atoms with Gasteiger partial charge in [0.1, 0.15) is 0 Å². The summed E-state index contributed by atoms with van der Waals surface area (Å²) in [6, 6.07) is 7.02. The van der Waals surface area contributed by atoms with Crippen molar-refractivity contribution in [1.29, 1.82) is 0 Å². The van der Waals surface area contributed by atoms with Gasteiger partial charge in [0.25, 0.3) is 5.89 Å². The highest BCUT2D eigenvalue weighted by Gasteiger charge is 2.25. The minimum Gasteiger partial charge on any atom is -0.334 e. The molecule has 0 saturated carbocycles. The summed E-state index contributed by atoms with van der Waals surface area (Å²) in [7, 11) is -1.25. The monoisotopic (exact) mass is 401 g/mol. The Hall–Kier alpha value is -1.68. The maximum Gasteiger partial charge on any atom is 0.257 e. The Morgan fingerprint density at radius 2 is 2.08 bits per heavy atom. The van der Waals surface area contributed by atoms with Gasteiger partial charge in [-0.3, -0.25) is 9.62 Å². The average molecular weight is 402 g/mol. The second kappa shape index (κ2) is 8.81. The summed E-state index contributed by atoms with van der Waals surface area (Å²) in [5.41, 5.74) is 1.27. The summed E-state index contributed by atoms with van der Waals surface area (Å²) in [6.07, 6.45) is 0.572. The number of aromatic nitrogens is 2. The second-order valence-electron chi connectivity index (χ2n) is 6.16. The van der Waals surface area contributed by atoms with Crippen LogP contribution in [-0.2, 0) is 10.0 Å². The van der Waals surface area contributed by atoms with E-state index in [2.05, 4.69) is 25.1 Å². The molecule has 0 radical (unpaired) electrons. The highest BCUT2D eigenvalue weighted by atomic mass is 35.5. The molecule has 2 N–H and O–H groups in total. The Morgan fingerprint density at radius 1 is 1.35 bits per heavy atom. The van der Waals surface area contributed by atoms with Crippen molar-refractivity contribution in [2.24, 2.45) is 0 Å². The van der Waals surface area contributed by atoms with Crippen LogP contribution < -0.4 is 10.0 Å². The number of rotatable bonds is 6. The van der Waals surface area contributed by atoms with Crippen LogP contribution in [0.3, 0.4) is 0 Å². The zero-order valence-electron chi connectivity index (χ0n) is 14.8. The van der Waals surface area contributed by atoms with Crippen molar-refractivity contribution in [1.82, 2.24) is 20.4 Å². The summed E-state index contributed by atoms with van der Waals surface area (Å²) < 4.78 is 31.5. The van der Waals surface area contributed by atoms with Crippen LogP contribution in [0.2, 0.25) is 0 Å².